The molecule has 24 heavy (non-hydrogen) atoms. The molecule has 2 aromatic carbocycles. The van der Waals surface area contributed by atoms with Crippen LogP contribution in [-0.4, -0.2) is 26.6 Å². The Bertz CT molecular complexity index is 694. The summed E-state index contributed by atoms with van der Waals surface area (Å²) in [5, 5.41) is 6.76. The molecule has 0 aromatic heterocycles. The van der Waals surface area contributed by atoms with Gasteiger partial charge in [-0.05, 0) is 35.6 Å². The minimum Gasteiger partial charge on any atom is -0.374 e. The molecule has 0 aliphatic carbocycles. The maximum Gasteiger partial charge on any atom is 0.191 e. The van der Waals surface area contributed by atoms with Gasteiger partial charge in [0.25, 0.3) is 0 Å². The zero-order valence-electron chi connectivity index (χ0n) is 14.5. The number of nitrogens with zero attached hydrogens (tertiary/aromatic N) is 2. The summed E-state index contributed by atoms with van der Waals surface area (Å²) in [6, 6.07) is 17.1. The van der Waals surface area contributed by atoms with Crippen LogP contribution in [0.15, 0.2) is 53.5 Å². The summed E-state index contributed by atoms with van der Waals surface area (Å²) in [6.07, 6.45) is 2.41. The Morgan fingerprint density at radius 2 is 1.79 bits per heavy atom. The maximum atomic E-state index is 4.30. The number of aliphatic imine (C=N–C) groups is 1. The molecular formula is C20H26N4. The number of hydrogen-bond donors (Lipinski definition) is 2. The molecule has 1 aliphatic rings. The summed E-state index contributed by atoms with van der Waals surface area (Å²) in [6.45, 7) is 2.71. The van der Waals surface area contributed by atoms with Gasteiger partial charge in [-0.3, -0.25) is 4.99 Å². The molecule has 0 amide bonds. The molecule has 0 saturated heterocycles. The van der Waals surface area contributed by atoms with Crippen LogP contribution in [0.4, 0.5) is 5.69 Å². The van der Waals surface area contributed by atoms with Crippen molar-refractivity contribution >= 4 is 11.6 Å². The van der Waals surface area contributed by atoms with Gasteiger partial charge in [0.15, 0.2) is 5.96 Å². The van der Waals surface area contributed by atoms with E-state index < -0.39 is 0 Å². The Morgan fingerprint density at radius 3 is 2.54 bits per heavy atom. The average Bonchev–Trinajstić information content (AvgIpc) is 2.63. The number of fused-ring (bicyclic) bond motifs is 1. The second-order valence-corrected chi connectivity index (χ2v) is 6.25. The number of rotatable bonds is 4. The maximum absolute atomic E-state index is 4.30. The molecule has 126 valence electrons. The molecule has 4 nitrogen and oxygen atoms in total. The summed E-state index contributed by atoms with van der Waals surface area (Å²) in [5.74, 6) is 0.827. The molecular weight excluding hydrogens is 296 g/mol. The monoisotopic (exact) mass is 322 g/mol. The lowest BCUT2D eigenvalue weighted by Gasteiger charge is -2.28. The predicted molar refractivity (Wildman–Crippen MR) is 102 cm³/mol. The van der Waals surface area contributed by atoms with E-state index in [0.29, 0.717) is 0 Å². The van der Waals surface area contributed by atoms with E-state index in [4.69, 9.17) is 0 Å². The fourth-order valence-electron chi connectivity index (χ4n) is 3.14. The zero-order valence-corrected chi connectivity index (χ0v) is 14.5. The van der Waals surface area contributed by atoms with E-state index in [-0.39, 0.29) is 0 Å². The van der Waals surface area contributed by atoms with Crippen LogP contribution in [0.3, 0.4) is 0 Å². The van der Waals surface area contributed by atoms with E-state index in [1.165, 1.54) is 35.2 Å². The van der Waals surface area contributed by atoms with Gasteiger partial charge in [0, 0.05) is 39.4 Å². The minimum absolute atomic E-state index is 0.773. The van der Waals surface area contributed by atoms with Gasteiger partial charge in [-0.25, -0.2) is 0 Å². The van der Waals surface area contributed by atoms with Crippen molar-refractivity contribution in [2.45, 2.75) is 25.9 Å². The van der Waals surface area contributed by atoms with Crippen molar-refractivity contribution in [3.63, 3.8) is 0 Å². The predicted octanol–water partition coefficient (Wildman–Crippen LogP) is 2.93. The lowest BCUT2D eigenvalue weighted by Crippen LogP contribution is -2.36. The SMILES string of the molecule is CN=C(NCc1ccccc1)NCc1ccc2c(c1)CCCN2C. The second kappa shape index (κ2) is 7.86. The summed E-state index contributed by atoms with van der Waals surface area (Å²) in [5.41, 5.74) is 5.37. The third kappa shape index (κ3) is 4.07. The van der Waals surface area contributed by atoms with E-state index in [1.54, 1.807) is 0 Å². The molecule has 1 aliphatic heterocycles. The molecule has 0 unspecified atom stereocenters. The number of hydrogen-bond acceptors (Lipinski definition) is 2. The fraction of sp³-hybridized carbons (Fsp3) is 0.350. The first-order valence-corrected chi connectivity index (χ1v) is 8.57. The van der Waals surface area contributed by atoms with Crippen molar-refractivity contribution in [2.75, 3.05) is 25.5 Å². The Hall–Kier alpha value is -2.49. The fourth-order valence-corrected chi connectivity index (χ4v) is 3.14. The van der Waals surface area contributed by atoms with Crippen LogP contribution < -0.4 is 15.5 Å². The minimum atomic E-state index is 0.773. The van der Waals surface area contributed by atoms with Crippen molar-refractivity contribution < 1.29 is 0 Å². The number of guanidine groups is 1. The van der Waals surface area contributed by atoms with Crippen LogP contribution in [0.25, 0.3) is 0 Å². The third-order valence-electron chi connectivity index (χ3n) is 4.48. The third-order valence-corrected chi connectivity index (χ3v) is 4.48. The first kappa shape index (κ1) is 16.4. The first-order valence-electron chi connectivity index (χ1n) is 8.57. The van der Waals surface area contributed by atoms with Crippen LogP contribution in [0.1, 0.15) is 23.1 Å². The van der Waals surface area contributed by atoms with Crippen LogP contribution in [0.2, 0.25) is 0 Å². The Labute approximate surface area is 144 Å². The lowest BCUT2D eigenvalue weighted by atomic mass is 9.99. The van der Waals surface area contributed by atoms with E-state index >= 15 is 0 Å². The highest BCUT2D eigenvalue weighted by Crippen LogP contribution is 2.26. The molecule has 0 spiro atoms. The van der Waals surface area contributed by atoms with Crippen LogP contribution in [-0.2, 0) is 19.5 Å². The average molecular weight is 322 g/mol. The smallest absolute Gasteiger partial charge is 0.191 e. The molecule has 0 saturated carbocycles. The molecule has 2 aromatic rings. The standard InChI is InChI=1S/C20H26N4/c1-21-20(22-14-16-7-4-3-5-8-16)23-15-17-10-11-19-18(13-17)9-6-12-24(19)2/h3-5,7-8,10-11,13H,6,9,12,14-15H2,1-2H3,(H2,21,22,23). The molecule has 2 N–H and O–H groups in total. The van der Waals surface area contributed by atoms with Crippen molar-refractivity contribution in [2.24, 2.45) is 4.99 Å². The van der Waals surface area contributed by atoms with Crippen LogP contribution >= 0.6 is 0 Å². The summed E-state index contributed by atoms with van der Waals surface area (Å²) in [4.78, 5) is 6.65. The van der Waals surface area contributed by atoms with Crippen molar-refractivity contribution in [3.05, 3.63) is 65.2 Å². The van der Waals surface area contributed by atoms with Gasteiger partial charge in [0.1, 0.15) is 0 Å². The highest BCUT2D eigenvalue weighted by atomic mass is 15.2. The molecule has 0 fully saturated rings. The zero-order chi connectivity index (χ0) is 16.8. The van der Waals surface area contributed by atoms with E-state index in [0.717, 1.165) is 25.6 Å². The molecule has 0 atom stereocenters. The molecule has 3 rings (SSSR count). The summed E-state index contributed by atoms with van der Waals surface area (Å²) in [7, 11) is 3.98. The number of anilines is 1. The quantitative estimate of drug-likeness (QED) is 0.671. The van der Waals surface area contributed by atoms with E-state index in [1.807, 2.05) is 13.1 Å². The first-order chi connectivity index (χ1) is 11.8. The largest absolute Gasteiger partial charge is 0.374 e. The van der Waals surface area contributed by atoms with Crippen LogP contribution in [0.5, 0.6) is 0 Å². The number of benzene rings is 2. The highest BCUT2D eigenvalue weighted by Gasteiger charge is 2.13. The van der Waals surface area contributed by atoms with Gasteiger partial charge in [-0.2, -0.15) is 0 Å². The van der Waals surface area contributed by atoms with Gasteiger partial charge in [-0.1, -0.05) is 42.5 Å². The number of nitrogens with one attached hydrogen (secondary N) is 2. The van der Waals surface area contributed by atoms with E-state index in [2.05, 4.69) is 70.0 Å². The lowest BCUT2D eigenvalue weighted by molar-refractivity contribution is 0.740. The van der Waals surface area contributed by atoms with Gasteiger partial charge >= 0.3 is 0 Å². The highest BCUT2D eigenvalue weighted by molar-refractivity contribution is 5.79. The van der Waals surface area contributed by atoms with Gasteiger partial charge in [-0.15, -0.1) is 0 Å². The van der Waals surface area contributed by atoms with Gasteiger partial charge in [0.2, 0.25) is 0 Å². The molecule has 0 bridgehead atoms. The Balaban J connectivity index is 1.56. The topological polar surface area (TPSA) is 39.7 Å². The van der Waals surface area contributed by atoms with Crippen LogP contribution in [0, 0.1) is 0 Å². The molecule has 0 radical (unpaired) electrons. The molecule has 1 heterocycles. The summed E-state index contributed by atoms with van der Waals surface area (Å²) >= 11 is 0. The van der Waals surface area contributed by atoms with Crippen molar-refractivity contribution in [3.8, 4) is 0 Å². The molecule has 4 heteroatoms. The van der Waals surface area contributed by atoms with Gasteiger partial charge in [0.05, 0.1) is 0 Å². The summed E-state index contributed by atoms with van der Waals surface area (Å²) < 4.78 is 0. The Morgan fingerprint density at radius 1 is 1.04 bits per heavy atom. The van der Waals surface area contributed by atoms with Crippen molar-refractivity contribution in [1.29, 1.82) is 0 Å². The van der Waals surface area contributed by atoms with Crippen molar-refractivity contribution in [1.82, 2.24) is 10.6 Å². The van der Waals surface area contributed by atoms with E-state index in [9.17, 15) is 0 Å². The normalized spacial score (nSPS) is 14.2. The Kier molecular flexibility index (Phi) is 5.36. The second-order valence-electron chi connectivity index (χ2n) is 6.25. The van der Waals surface area contributed by atoms with Gasteiger partial charge < -0.3 is 15.5 Å². The number of aryl methyl sites for hydroxylation is 1.